The molecule has 3 N–H and O–H groups in total. The molecule has 0 bridgehead atoms. The van der Waals surface area contributed by atoms with Gasteiger partial charge in [-0.05, 0) is 29.7 Å². The molecule has 9 heteroatoms. The van der Waals surface area contributed by atoms with Crippen molar-refractivity contribution in [2.75, 3.05) is 33.4 Å². The van der Waals surface area contributed by atoms with E-state index in [9.17, 15) is 9.59 Å². The first-order chi connectivity index (χ1) is 18.5. The van der Waals surface area contributed by atoms with E-state index in [4.69, 9.17) is 9.47 Å². The highest BCUT2D eigenvalue weighted by atomic mass is 16.5. The van der Waals surface area contributed by atoms with E-state index >= 15 is 0 Å². The predicted molar refractivity (Wildman–Crippen MR) is 145 cm³/mol. The molecule has 0 saturated carbocycles. The summed E-state index contributed by atoms with van der Waals surface area (Å²) in [6, 6.07) is 16.5. The molecule has 38 heavy (non-hydrogen) atoms. The largest absolute Gasteiger partial charge is 0.497 e. The summed E-state index contributed by atoms with van der Waals surface area (Å²) in [4.78, 5) is 35.2. The molecule has 0 spiro atoms. The van der Waals surface area contributed by atoms with Gasteiger partial charge < -0.3 is 30.0 Å². The molecule has 0 aliphatic carbocycles. The first-order valence-electron chi connectivity index (χ1n) is 13.2. The van der Waals surface area contributed by atoms with Crippen molar-refractivity contribution >= 4 is 11.9 Å². The number of carbonyl (C=O) groups is 2. The van der Waals surface area contributed by atoms with Crippen LogP contribution in [0.3, 0.4) is 0 Å². The maximum Gasteiger partial charge on any atom is 0.315 e. The minimum Gasteiger partial charge on any atom is -0.497 e. The van der Waals surface area contributed by atoms with E-state index in [-0.39, 0.29) is 11.9 Å². The number of methoxy groups -OCH3 is 1. The summed E-state index contributed by atoms with van der Waals surface area (Å²) in [6.07, 6.45) is 6.31. The van der Waals surface area contributed by atoms with Crippen molar-refractivity contribution in [1.29, 1.82) is 0 Å². The number of hydrogen-bond acceptors (Lipinski definition) is 5. The molecule has 1 saturated heterocycles. The van der Waals surface area contributed by atoms with Crippen LogP contribution in [0, 0.1) is 0 Å². The Bertz CT molecular complexity index is 1150. The highest BCUT2D eigenvalue weighted by molar-refractivity contribution is 5.88. The fraction of sp³-hybridized carbons (Fsp3) is 0.414. The second kappa shape index (κ2) is 13.1. The van der Waals surface area contributed by atoms with Crippen LogP contribution < -0.4 is 15.4 Å². The molecular weight excluding hydrogens is 482 g/mol. The van der Waals surface area contributed by atoms with Crippen molar-refractivity contribution in [1.82, 2.24) is 25.5 Å². The molecule has 3 aromatic rings. The Balaban J connectivity index is 1.43. The van der Waals surface area contributed by atoms with Crippen LogP contribution in [0.4, 0.5) is 4.79 Å². The first-order valence-corrected chi connectivity index (χ1v) is 13.2. The molecule has 2 aromatic carbocycles. The second-order valence-electron chi connectivity index (χ2n) is 9.59. The maximum absolute atomic E-state index is 13.7. The SMILES string of the molecule is CCCCOC1(c2ccccc2)CN(C(=O)C(Cc2ccc(OC)cc2)NC(=O)NCCc2cnc[nH]2)C1. The van der Waals surface area contributed by atoms with Crippen molar-refractivity contribution in [2.45, 2.75) is 44.2 Å². The van der Waals surface area contributed by atoms with Gasteiger partial charge in [-0.2, -0.15) is 0 Å². The Kier molecular flexibility index (Phi) is 9.37. The van der Waals surface area contributed by atoms with E-state index in [1.165, 1.54) is 0 Å². The summed E-state index contributed by atoms with van der Waals surface area (Å²) in [5, 5.41) is 5.75. The van der Waals surface area contributed by atoms with E-state index in [1.54, 1.807) is 24.5 Å². The van der Waals surface area contributed by atoms with E-state index in [0.29, 0.717) is 39.1 Å². The van der Waals surface area contributed by atoms with E-state index < -0.39 is 11.6 Å². The lowest BCUT2D eigenvalue weighted by Gasteiger charge is -2.51. The third-order valence-corrected chi connectivity index (χ3v) is 6.82. The molecule has 9 nitrogen and oxygen atoms in total. The third-order valence-electron chi connectivity index (χ3n) is 6.82. The Hall–Kier alpha value is -3.85. The molecule has 2 heterocycles. The summed E-state index contributed by atoms with van der Waals surface area (Å²) in [7, 11) is 1.61. The van der Waals surface area contributed by atoms with Gasteiger partial charge >= 0.3 is 6.03 Å². The standard InChI is InChI=1S/C29H37N5O4/c1-3-4-16-38-29(23-8-6-5-7-9-23)19-34(20-29)27(35)26(17-22-10-12-25(37-2)13-11-22)33-28(36)31-15-14-24-18-30-21-32-24/h5-13,18,21,26H,3-4,14-17,19-20H2,1-2H3,(H,30,32)(H2,31,33,36). The fourth-order valence-electron chi connectivity index (χ4n) is 4.60. The average Bonchev–Trinajstić information content (AvgIpc) is 3.44. The monoisotopic (exact) mass is 519 g/mol. The summed E-state index contributed by atoms with van der Waals surface area (Å²) in [6.45, 7) is 4.08. The van der Waals surface area contributed by atoms with Gasteiger partial charge in [0.15, 0.2) is 0 Å². The Labute approximate surface area is 223 Å². The zero-order valence-corrected chi connectivity index (χ0v) is 22.1. The van der Waals surface area contributed by atoms with Crippen LogP contribution in [0.5, 0.6) is 5.75 Å². The van der Waals surface area contributed by atoms with Gasteiger partial charge in [-0.15, -0.1) is 0 Å². The first kappa shape index (κ1) is 27.2. The van der Waals surface area contributed by atoms with E-state index in [0.717, 1.165) is 35.4 Å². The number of nitrogens with zero attached hydrogens (tertiary/aromatic N) is 2. The van der Waals surface area contributed by atoms with Crippen LogP contribution in [0.1, 0.15) is 36.6 Å². The zero-order chi connectivity index (χ0) is 26.8. The van der Waals surface area contributed by atoms with Crippen LogP contribution in [-0.2, 0) is 28.0 Å². The van der Waals surface area contributed by atoms with Gasteiger partial charge in [-0.1, -0.05) is 55.8 Å². The number of imidazole rings is 1. The smallest absolute Gasteiger partial charge is 0.315 e. The average molecular weight is 520 g/mol. The third kappa shape index (κ3) is 6.92. The fourth-order valence-corrected chi connectivity index (χ4v) is 4.60. The Morgan fingerprint density at radius 3 is 2.55 bits per heavy atom. The lowest BCUT2D eigenvalue weighted by Crippen LogP contribution is -2.66. The van der Waals surface area contributed by atoms with Crippen LogP contribution in [-0.4, -0.2) is 66.2 Å². The zero-order valence-electron chi connectivity index (χ0n) is 22.1. The van der Waals surface area contributed by atoms with Crippen molar-refractivity contribution in [2.24, 2.45) is 0 Å². The van der Waals surface area contributed by atoms with Crippen LogP contribution >= 0.6 is 0 Å². The normalized spacial score (nSPS) is 14.8. The molecule has 4 rings (SSSR count). The van der Waals surface area contributed by atoms with Crippen molar-refractivity contribution < 1.29 is 19.1 Å². The van der Waals surface area contributed by atoms with Crippen molar-refractivity contribution in [3.63, 3.8) is 0 Å². The summed E-state index contributed by atoms with van der Waals surface area (Å²) in [5.41, 5.74) is 2.40. The molecule has 1 aliphatic rings. The molecule has 0 radical (unpaired) electrons. The van der Waals surface area contributed by atoms with Crippen LogP contribution in [0.25, 0.3) is 0 Å². The van der Waals surface area contributed by atoms with E-state index in [1.807, 2.05) is 54.6 Å². The molecular formula is C29H37N5O4. The Morgan fingerprint density at radius 1 is 1.13 bits per heavy atom. The quantitative estimate of drug-likeness (QED) is 0.300. The van der Waals surface area contributed by atoms with Crippen molar-refractivity contribution in [3.8, 4) is 5.75 Å². The molecule has 3 amide bonds. The number of unbranched alkanes of at least 4 members (excludes halogenated alkanes) is 1. The van der Waals surface area contributed by atoms with Crippen LogP contribution in [0.2, 0.25) is 0 Å². The summed E-state index contributed by atoms with van der Waals surface area (Å²) < 4.78 is 11.6. The summed E-state index contributed by atoms with van der Waals surface area (Å²) in [5.74, 6) is 0.607. The van der Waals surface area contributed by atoms with Crippen LogP contribution in [0.15, 0.2) is 67.1 Å². The van der Waals surface area contributed by atoms with Gasteiger partial charge in [0, 0.05) is 37.9 Å². The highest BCUT2D eigenvalue weighted by Gasteiger charge is 2.48. The van der Waals surface area contributed by atoms with E-state index in [2.05, 4.69) is 27.5 Å². The van der Waals surface area contributed by atoms with Gasteiger partial charge in [-0.25, -0.2) is 9.78 Å². The molecule has 1 aromatic heterocycles. The number of carbonyl (C=O) groups excluding carboxylic acids is 2. The molecule has 1 aliphatic heterocycles. The van der Waals surface area contributed by atoms with Crippen molar-refractivity contribution in [3.05, 3.63) is 83.9 Å². The number of hydrogen-bond donors (Lipinski definition) is 3. The maximum atomic E-state index is 13.7. The minimum atomic E-state index is -0.722. The number of likely N-dealkylation sites (tertiary alicyclic amines) is 1. The number of nitrogens with one attached hydrogen (secondary N) is 3. The molecule has 1 atom stereocenters. The predicted octanol–water partition coefficient (Wildman–Crippen LogP) is 3.43. The molecule has 1 unspecified atom stereocenters. The highest BCUT2D eigenvalue weighted by Crippen LogP contribution is 2.36. The lowest BCUT2D eigenvalue weighted by molar-refractivity contribution is -0.174. The topological polar surface area (TPSA) is 109 Å². The van der Waals surface area contributed by atoms with Gasteiger partial charge in [0.05, 0.1) is 26.5 Å². The number of rotatable bonds is 13. The minimum absolute atomic E-state index is 0.129. The number of H-pyrrole nitrogens is 1. The number of ether oxygens (including phenoxy) is 2. The lowest BCUT2D eigenvalue weighted by atomic mass is 9.85. The molecule has 1 fully saturated rings. The number of benzene rings is 2. The molecule has 202 valence electrons. The van der Waals surface area contributed by atoms with Gasteiger partial charge in [0.1, 0.15) is 17.4 Å². The number of aromatic amines is 1. The number of aromatic nitrogens is 2. The second-order valence-corrected chi connectivity index (χ2v) is 9.59. The Morgan fingerprint density at radius 2 is 1.89 bits per heavy atom. The number of amides is 3. The number of urea groups is 1. The van der Waals surface area contributed by atoms with Gasteiger partial charge in [0.2, 0.25) is 5.91 Å². The summed E-state index contributed by atoms with van der Waals surface area (Å²) >= 11 is 0. The van der Waals surface area contributed by atoms with Gasteiger partial charge in [0.25, 0.3) is 0 Å². The van der Waals surface area contributed by atoms with Gasteiger partial charge in [-0.3, -0.25) is 4.79 Å².